The van der Waals surface area contributed by atoms with Crippen LogP contribution in [-0.4, -0.2) is 33.4 Å². The molecule has 1 aliphatic rings. The molecule has 6 heteroatoms. The topological polar surface area (TPSA) is 42.5 Å². The van der Waals surface area contributed by atoms with Gasteiger partial charge in [-0.25, -0.2) is 0 Å². The van der Waals surface area contributed by atoms with E-state index in [0.717, 1.165) is 43.4 Å². The van der Waals surface area contributed by atoms with Crippen LogP contribution in [0.3, 0.4) is 0 Å². The van der Waals surface area contributed by atoms with Crippen LogP contribution in [0, 0.1) is 5.92 Å². The zero-order chi connectivity index (χ0) is 15.1. The number of halogens is 2. The Balaban J connectivity index is 0.00000242. The summed E-state index contributed by atoms with van der Waals surface area (Å²) < 4.78 is 11.1. The van der Waals surface area contributed by atoms with Crippen LogP contribution in [0.15, 0.2) is 12.1 Å². The van der Waals surface area contributed by atoms with Gasteiger partial charge in [-0.15, -0.1) is 12.4 Å². The average molecular weight is 349 g/mol. The highest BCUT2D eigenvalue weighted by Gasteiger charge is 2.15. The highest BCUT2D eigenvalue weighted by atomic mass is 35.5. The molecule has 0 aromatic heterocycles. The first-order chi connectivity index (χ1) is 10.2. The molecule has 0 unspecified atom stereocenters. The first-order valence-corrected chi connectivity index (χ1v) is 8.03. The number of benzene rings is 1. The first-order valence-electron chi connectivity index (χ1n) is 7.65. The number of rotatable bonds is 7. The molecule has 4 nitrogen and oxygen atoms in total. The van der Waals surface area contributed by atoms with E-state index in [-0.39, 0.29) is 12.4 Å². The normalized spacial score (nSPS) is 15.2. The van der Waals surface area contributed by atoms with Crippen molar-refractivity contribution in [1.82, 2.24) is 10.6 Å². The van der Waals surface area contributed by atoms with Gasteiger partial charge in [0.2, 0.25) is 0 Å². The van der Waals surface area contributed by atoms with Gasteiger partial charge >= 0.3 is 0 Å². The zero-order valence-electron chi connectivity index (χ0n) is 13.3. The van der Waals surface area contributed by atoms with Gasteiger partial charge in [-0.2, -0.15) is 0 Å². The Morgan fingerprint density at radius 1 is 1.32 bits per heavy atom. The molecule has 2 N–H and O–H groups in total. The van der Waals surface area contributed by atoms with Crippen LogP contribution in [0.25, 0.3) is 0 Å². The molecule has 0 saturated carbocycles. The van der Waals surface area contributed by atoms with E-state index in [1.54, 1.807) is 13.2 Å². The standard InChI is InChI=1S/C16H25ClN2O2.ClH/c1-3-21-16-13(8-14(17)9-15(16)20-2)11-19-10-12-4-6-18-7-5-12;/h8-9,12,18-19H,3-7,10-11H2,1-2H3;1H. The molecule has 126 valence electrons. The summed E-state index contributed by atoms with van der Waals surface area (Å²) in [5, 5.41) is 7.59. The number of hydrogen-bond acceptors (Lipinski definition) is 4. The lowest BCUT2D eigenvalue weighted by Gasteiger charge is -2.23. The number of hydrogen-bond donors (Lipinski definition) is 2. The van der Waals surface area contributed by atoms with E-state index in [2.05, 4.69) is 10.6 Å². The fraction of sp³-hybridized carbons (Fsp3) is 0.625. The van der Waals surface area contributed by atoms with Crippen molar-refractivity contribution in [2.24, 2.45) is 5.92 Å². The van der Waals surface area contributed by atoms with Crippen LogP contribution in [0.1, 0.15) is 25.3 Å². The van der Waals surface area contributed by atoms with Crippen molar-refractivity contribution in [3.05, 3.63) is 22.7 Å². The number of ether oxygens (including phenoxy) is 2. The Morgan fingerprint density at radius 3 is 2.68 bits per heavy atom. The van der Waals surface area contributed by atoms with Crippen LogP contribution >= 0.6 is 24.0 Å². The monoisotopic (exact) mass is 348 g/mol. The Morgan fingerprint density at radius 2 is 2.05 bits per heavy atom. The van der Waals surface area contributed by atoms with Crippen LogP contribution in [0.5, 0.6) is 11.5 Å². The first kappa shape index (κ1) is 19.4. The summed E-state index contributed by atoms with van der Waals surface area (Å²) in [7, 11) is 1.64. The minimum atomic E-state index is 0. The van der Waals surface area contributed by atoms with Gasteiger partial charge in [-0.3, -0.25) is 0 Å². The molecule has 0 atom stereocenters. The summed E-state index contributed by atoms with van der Waals surface area (Å²) in [6.45, 7) is 6.61. The van der Waals surface area contributed by atoms with Crippen LogP contribution in [-0.2, 0) is 6.54 Å². The van der Waals surface area contributed by atoms with Crippen molar-refractivity contribution >= 4 is 24.0 Å². The van der Waals surface area contributed by atoms with Crippen molar-refractivity contribution in [3.8, 4) is 11.5 Å². The summed E-state index contributed by atoms with van der Waals surface area (Å²) >= 11 is 6.16. The van der Waals surface area contributed by atoms with E-state index in [9.17, 15) is 0 Å². The fourth-order valence-electron chi connectivity index (χ4n) is 2.71. The number of piperidine rings is 1. The van der Waals surface area contributed by atoms with Crippen molar-refractivity contribution in [2.45, 2.75) is 26.3 Å². The molecule has 0 aliphatic carbocycles. The molecule has 0 radical (unpaired) electrons. The van der Waals surface area contributed by atoms with Crippen LogP contribution in [0.2, 0.25) is 5.02 Å². The van der Waals surface area contributed by atoms with Crippen LogP contribution in [0.4, 0.5) is 0 Å². The van der Waals surface area contributed by atoms with Gasteiger partial charge in [0, 0.05) is 23.2 Å². The summed E-state index contributed by atoms with van der Waals surface area (Å²) in [5.74, 6) is 2.24. The molecule has 1 aromatic rings. The second-order valence-corrected chi connectivity index (χ2v) is 5.79. The molecule has 1 heterocycles. The lowest BCUT2D eigenvalue weighted by molar-refractivity contribution is 0.305. The third-order valence-electron chi connectivity index (χ3n) is 3.81. The second kappa shape index (κ2) is 10.2. The van der Waals surface area contributed by atoms with E-state index in [4.69, 9.17) is 21.1 Å². The Bertz CT molecular complexity index is 452. The lowest BCUT2D eigenvalue weighted by atomic mass is 9.98. The zero-order valence-corrected chi connectivity index (χ0v) is 14.9. The average Bonchev–Trinajstić information content (AvgIpc) is 2.50. The molecule has 1 aliphatic heterocycles. The number of nitrogens with one attached hydrogen (secondary N) is 2. The van der Waals surface area contributed by atoms with E-state index in [0.29, 0.717) is 17.4 Å². The van der Waals surface area contributed by atoms with Crippen molar-refractivity contribution in [2.75, 3.05) is 33.4 Å². The molecule has 0 bridgehead atoms. The molecule has 22 heavy (non-hydrogen) atoms. The maximum Gasteiger partial charge on any atom is 0.165 e. The highest BCUT2D eigenvalue weighted by Crippen LogP contribution is 2.34. The summed E-state index contributed by atoms with van der Waals surface area (Å²) in [5.41, 5.74) is 1.05. The third-order valence-corrected chi connectivity index (χ3v) is 4.03. The molecule has 0 amide bonds. The smallest absolute Gasteiger partial charge is 0.165 e. The van der Waals surface area contributed by atoms with Gasteiger partial charge < -0.3 is 20.1 Å². The van der Waals surface area contributed by atoms with Gasteiger partial charge in [0.25, 0.3) is 0 Å². The van der Waals surface area contributed by atoms with Gasteiger partial charge in [0.1, 0.15) is 0 Å². The molecular weight excluding hydrogens is 323 g/mol. The number of methoxy groups -OCH3 is 1. The van der Waals surface area contributed by atoms with Crippen molar-refractivity contribution in [3.63, 3.8) is 0 Å². The Hall–Kier alpha value is -0.680. The molecule has 1 aromatic carbocycles. The second-order valence-electron chi connectivity index (χ2n) is 5.35. The maximum atomic E-state index is 6.16. The van der Waals surface area contributed by atoms with Gasteiger partial charge in [0.05, 0.1) is 13.7 Å². The lowest BCUT2D eigenvalue weighted by Crippen LogP contribution is -2.33. The van der Waals surface area contributed by atoms with E-state index < -0.39 is 0 Å². The molecule has 0 spiro atoms. The molecular formula is C16H26Cl2N2O2. The van der Waals surface area contributed by atoms with Crippen LogP contribution < -0.4 is 20.1 Å². The maximum absolute atomic E-state index is 6.16. The largest absolute Gasteiger partial charge is 0.493 e. The molecule has 1 saturated heterocycles. The third kappa shape index (κ3) is 5.51. The van der Waals surface area contributed by atoms with Gasteiger partial charge in [-0.05, 0) is 51.4 Å². The van der Waals surface area contributed by atoms with E-state index in [1.165, 1.54) is 12.8 Å². The molecule has 2 rings (SSSR count). The van der Waals surface area contributed by atoms with Gasteiger partial charge in [-0.1, -0.05) is 11.6 Å². The summed E-state index contributed by atoms with van der Waals surface area (Å²) in [6.07, 6.45) is 2.48. The minimum absolute atomic E-state index is 0. The van der Waals surface area contributed by atoms with E-state index in [1.807, 2.05) is 13.0 Å². The highest BCUT2D eigenvalue weighted by molar-refractivity contribution is 6.30. The summed E-state index contributed by atoms with van der Waals surface area (Å²) in [6, 6.07) is 3.74. The quantitative estimate of drug-likeness (QED) is 0.793. The predicted molar refractivity (Wildman–Crippen MR) is 93.7 cm³/mol. The Labute approximate surface area is 144 Å². The van der Waals surface area contributed by atoms with Crippen molar-refractivity contribution in [1.29, 1.82) is 0 Å². The van der Waals surface area contributed by atoms with E-state index >= 15 is 0 Å². The minimum Gasteiger partial charge on any atom is -0.493 e. The Kier molecular flexibility index (Phi) is 8.95. The molecule has 1 fully saturated rings. The summed E-state index contributed by atoms with van der Waals surface area (Å²) in [4.78, 5) is 0. The van der Waals surface area contributed by atoms with Gasteiger partial charge in [0.15, 0.2) is 11.5 Å². The fourth-order valence-corrected chi connectivity index (χ4v) is 2.94. The SMILES string of the molecule is CCOc1c(CNCC2CCNCC2)cc(Cl)cc1OC.Cl. The van der Waals surface area contributed by atoms with Crippen molar-refractivity contribution < 1.29 is 9.47 Å². The predicted octanol–water partition coefficient (Wildman–Crippen LogP) is 3.26.